The molecule has 1 atom stereocenters. The first-order valence-electron chi connectivity index (χ1n) is 8.32. The summed E-state index contributed by atoms with van der Waals surface area (Å²) in [5.74, 6) is -7.29. The topological polar surface area (TPSA) is 20.2 Å². The van der Waals surface area contributed by atoms with Crippen LogP contribution in [0.1, 0.15) is 40.7 Å². The maximum Gasteiger partial charge on any atom is 0.417 e. The minimum atomic E-state index is -4.91. The van der Waals surface area contributed by atoms with Gasteiger partial charge in [0.25, 0.3) is 5.92 Å². The molecule has 0 radical (unpaired) electrons. The van der Waals surface area contributed by atoms with Crippen LogP contribution < -0.4 is 0 Å². The average molecular weight is 435 g/mol. The molecule has 2 aromatic rings. The first kappa shape index (κ1) is 22.9. The molecule has 2 rings (SSSR count). The zero-order chi connectivity index (χ0) is 22.1. The minimum Gasteiger partial charge on any atom is -0.508 e. The molecule has 8 heteroatoms. The van der Waals surface area contributed by atoms with Gasteiger partial charge in [-0.25, -0.2) is 13.2 Å². The third-order valence-electron chi connectivity index (χ3n) is 4.19. The summed E-state index contributed by atoms with van der Waals surface area (Å²) in [7, 11) is 0. The molecule has 0 saturated heterocycles. The molecule has 0 aliphatic heterocycles. The number of aryl methyl sites for hydroxylation is 1. The van der Waals surface area contributed by atoms with E-state index in [0.717, 1.165) is 12.1 Å². The lowest BCUT2D eigenvalue weighted by atomic mass is 9.90. The van der Waals surface area contributed by atoms with E-state index in [1.165, 1.54) is 18.2 Å². The number of allylic oxidation sites excluding steroid dienone is 1. The molecule has 1 N–H and O–H groups in total. The molecule has 1 unspecified atom stereocenters. The third kappa shape index (κ3) is 5.56. The first-order chi connectivity index (χ1) is 13.2. The van der Waals surface area contributed by atoms with E-state index in [0.29, 0.717) is 24.6 Å². The summed E-state index contributed by atoms with van der Waals surface area (Å²) in [6, 6.07) is 6.41. The van der Waals surface area contributed by atoms with E-state index < -0.39 is 46.3 Å². The van der Waals surface area contributed by atoms with Crippen LogP contribution in [0.4, 0.5) is 26.3 Å². The largest absolute Gasteiger partial charge is 0.508 e. The zero-order valence-electron chi connectivity index (χ0n) is 15.4. The van der Waals surface area contributed by atoms with Gasteiger partial charge in [0.1, 0.15) is 11.6 Å². The molecule has 0 amide bonds. The van der Waals surface area contributed by atoms with E-state index in [1.54, 1.807) is 6.92 Å². The Kier molecular flexibility index (Phi) is 6.42. The van der Waals surface area contributed by atoms with Crippen LogP contribution in [-0.2, 0) is 6.18 Å². The first-order valence-corrected chi connectivity index (χ1v) is 8.70. The Morgan fingerprint density at radius 2 is 1.72 bits per heavy atom. The summed E-state index contributed by atoms with van der Waals surface area (Å²) in [5, 5.41) is 9.51. The number of halogens is 7. The normalized spacial score (nSPS) is 14.0. The van der Waals surface area contributed by atoms with Gasteiger partial charge in [0.15, 0.2) is 0 Å². The highest BCUT2D eigenvalue weighted by atomic mass is 35.5. The van der Waals surface area contributed by atoms with Gasteiger partial charge in [0.05, 0.1) is 11.5 Å². The molecule has 0 spiro atoms. The molecule has 0 fully saturated rings. The van der Waals surface area contributed by atoms with Crippen LogP contribution in [0.25, 0.3) is 11.6 Å². The fourth-order valence-corrected chi connectivity index (χ4v) is 3.20. The summed E-state index contributed by atoms with van der Waals surface area (Å²) >= 11 is 5.90. The standard InChI is InChI=1S/C21H17ClF6O/c1-11-6-14(8-15(22)7-11)17(20(3,24)25)10-19(23)13-4-5-16(12(2)29)18(9-13)21(26,27)28/h4-10,17,29H,2H2,1,3H3/b19-10-. The lowest BCUT2D eigenvalue weighted by Crippen LogP contribution is -2.21. The number of hydrogen-bond acceptors (Lipinski definition) is 1. The molecule has 0 aliphatic rings. The van der Waals surface area contributed by atoms with Gasteiger partial charge in [0, 0.05) is 23.1 Å². The quantitative estimate of drug-likeness (QED) is 0.374. The van der Waals surface area contributed by atoms with Crippen LogP contribution in [0.15, 0.2) is 49.1 Å². The fraction of sp³-hybridized carbons (Fsp3) is 0.238. The van der Waals surface area contributed by atoms with Gasteiger partial charge in [0.2, 0.25) is 0 Å². The molecule has 0 aromatic heterocycles. The van der Waals surface area contributed by atoms with Crippen molar-refractivity contribution in [2.24, 2.45) is 0 Å². The summed E-state index contributed by atoms with van der Waals surface area (Å²) in [5.41, 5.74) is -1.92. The Hall–Kier alpha value is -2.41. The highest BCUT2D eigenvalue weighted by Gasteiger charge is 2.36. The molecule has 29 heavy (non-hydrogen) atoms. The van der Waals surface area contributed by atoms with E-state index in [4.69, 9.17) is 11.6 Å². The van der Waals surface area contributed by atoms with E-state index >= 15 is 0 Å². The third-order valence-corrected chi connectivity index (χ3v) is 4.41. The second kappa shape index (κ2) is 8.14. The predicted octanol–water partition coefficient (Wildman–Crippen LogP) is 7.95. The highest BCUT2D eigenvalue weighted by Crippen LogP contribution is 2.40. The van der Waals surface area contributed by atoms with Crippen LogP contribution in [0.3, 0.4) is 0 Å². The van der Waals surface area contributed by atoms with Crippen molar-refractivity contribution in [3.05, 3.63) is 81.9 Å². The Labute approximate surface area is 168 Å². The van der Waals surface area contributed by atoms with Gasteiger partial charge in [-0.3, -0.25) is 0 Å². The van der Waals surface area contributed by atoms with Crippen molar-refractivity contribution >= 4 is 23.2 Å². The number of hydrogen-bond donors (Lipinski definition) is 1. The number of aliphatic hydroxyl groups is 1. The number of alkyl halides is 5. The van der Waals surface area contributed by atoms with Crippen LogP contribution >= 0.6 is 11.6 Å². The van der Waals surface area contributed by atoms with Gasteiger partial charge < -0.3 is 5.11 Å². The second-order valence-electron chi connectivity index (χ2n) is 6.72. The van der Waals surface area contributed by atoms with Gasteiger partial charge in [-0.2, -0.15) is 13.2 Å². The van der Waals surface area contributed by atoms with E-state index in [-0.39, 0.29) is 10.6 Å². The molecular formula is C21H17ClF6O. The molecular weight excluding hydrogens is 418 g/mol. The second-order valence-corrected chi connectivity index (χ2v) is 7.15. The zero-order valence-corrected chi connectivity index (χ0v) is 16.2. The SMILES string of the molecule is C=C(O)c1ccc(/C(F)=C/C(c2cc(C)cc(Cl)c2)C(C)(F)F)cc1C(F)(F)F. The summed E-state index contributed by atoms with van der Waals surface area (Å²) in [6.45, 7) is 5.25. The monoisotopic (exact) mass is 434 g/mol. The smallest absolute Gasteiger partial charge is 0.417 e. The molecule has 0 heterocycles. The van der Waals surface area contributed by atoms with Crippen LogP contribution in [0.2, 0.25) is 5.02 Å². The fourth-order valence-electron chi connectivity index (χ4n) is 2.90. The molecule has 0 saturated carbocycles. The Morgan fingerprint density at radius 1 is 1.10 bits per heavy atom. The van der Waals surface area contributed by atoms with E-state index in [2.05, 4.69) is 6.58 Å². The molecule has 0 aliphatic carbocycles. The van der Waals surface area contributed by atoms with Crippen molar-refractivity contribution in [3.63, 3.8) is 0 Å². The lowest BCUT2D eigenvalue weighted by molar-refractivity contribution is -0.137. The van der Waals surface area contributed by atoms with Gasteiger partial charge in [-0.05, 0) is 48.4 Å². The maximum absolute atomic E-state index is 14.7. The summed E-state index contributed by atoms with van der Waals surface area (Å²) in [6.07, 6.45) is -4.34. The number of aliphatic hydroxyl groups excluding tert-OH is 1. The van der Waals surface area contributed by atoms with Crippen molar-refractivity contribution in [1.29, 1.82) is 0 Å². The van der Waals surface area contributed by atoms with Crippen molar-refractivity contribution in [2.45, 2.75) is 31.9 Å². The Balaban J connectivity index is 2.60. The minimum absolute atomic E-state index is 0.0223. The Morgan fingerprint density at radius 3 is 2.21 bits per heavy atom. The van der Waals surface area contributed by atoms with E-state index in [9.17, 15) is 31.4 Å². The van der Waals surface area contributed by atoms with Crippen molar-refractivity contribution in [3.8, 4) is 0 Å². The number of benzene rings is 2. The molecule has 1 nitrogen and oxygen atoms in total. The molecule has 2 aromatic carbocycles. The van der Waals surface area contributed by atoms with Gasteiger partial charge in [-0.15, -0.1) is 0 Å². The van der Waals surface area contributed by atoms with Crippen LogP contribution in [0.5, 0.6) is 0 Å². The summed E-state index contributed by atoms with van der Waals surface area (Å²) < 4.78 is 82.8. The Bertz CT molecular complexity index is 936. The maximum atomic E-state index is 14.7. The molecule has 156 valence electrons. The molecule has 0 bridgehead atoms. The van der Waals surface area contributed by atoms with Crippen molar-refractivity contribution in [1.82, 2.24) is 0 Å². The van der Waals surface area contributed by atoms with Crippen LogP contribution in [-0.4, -0.2) is 11.0 Å². The predicted molar refractivity (Wildman–Crippen MR) is 102 cm³/mol. The number of rotatable bonds is 5. The van der Waals surface area contributed by atoms with Gasteiger partial charge in [-0.1, -0.05) is 30.3 Å². The lowest BCUT2D eigenvalue weighted by Gasteiger charge is -2.22. The van der Waals surface area contributed by atoms with Crippen molar-refractivity contribution < 1.29 is 31.4 Å². The van der Waals surface area contributed by atoms with Gasteiger partial charge >= 0.3 is 6.18 Å². The van der Waals surface area contributed by atoms with E-state index in [1.807, 2.05) is 0 Å². The average Bonchev–Trinajstić information content (AvgIpc) is 2.56. The van der Waals surface area contributed by atoms with Crippen LogP contribution in [0, 0.1) is 6.92 Å². The summed E-state index contributed by atoms with van der Waals surface area (Å²) in [4.78, 5) is 0. The van der Waals surface area contributed by atoms with Crippen molar-refractivity contribution in [2.75, 3.05) is 0 Å². The highest BCUT2D eigenvalue weighted by molar-refractivity contribution is 6.30.